The van der Waals surface area contributed by atoms with Gasteiger partial charge in [-0.1, -0.05) is 136 Å². The second-order valence-electron chi connectivity index (χ2n) is 17.0. The third kappa shape index (κ3) is 31.3. The number of nitrogens with zero attached hydrogens (tertiary/aromatic N) is 2. The Bertz CT molecular complexity index is 2200. The number of aliphatic hydroxyl groups is 4. The van der Waals surface area contributed by atoms with Gasteiger partial charge in [0.05, 0.1) is 25.4 Å². The number of rotatable bonds is 39. The molecule has 1 aromatic heterocycles. The van der Waals surface area contributed by atoms with Gasteiger partial charge >= 0.3 is 33.3 Å². The fraction of sp³-hybridized carbons (Fsp3) is 0.538. The van der Waals surface area contributed by atoms with Crippen molar-refractivity contribution in [2.45, 2.75) is 159 Å². The summed E-state index contributed by atoms with van der Waals surface area (Å²) in [6.07, 6.45) is 36.8. The lowest BCUT2D eigenvalue weighted by molar-refractivity contribution is -0.161. The van der Waals surface area contributed by atoms with Crippen molar-refractivity contribution < 1.29 is 76.5 Å². The molecule has 1 saturated heterocycles. The van der Waals surface area contributed by atoms with E-state index in [1.807, 2.05) is 37.3 Å². The minimum absolute atomic E-state index is 0.0333. The van der Waals surface area contributed by atoms with Crippen molar-refractivity contribution in [2.24, 2.45) is 0 Å². The van der Waals surface area contributed by atoms with Crippen LogP contribution in [0.1, 0.15) is 123 Å². The minimum Gasteiger partial charge on any atom is -0.462 e. The number of unbranched alkanes of at least 4 members (excludes halogenated alkanes) is 5. The van der Waals surface area contributed by atoms with Crippen LogP contribution in [0.5, 0.6) is 0 Å². The number of carbonyl (C=O) groups excluding carboxylic acids is 2. The molecule has 2 heterocycles. The van der Waals surface area contributed by atoms with E-state index in [0.29, 0.717) is 32.1 Å². The van der Waals surface area contributed by atoms with E-state index in [1.165, 1.54) is 25.3 Å². The topological polar surface area (TPSA) is 306 Å². The van der Waals surface area contributed by atoms with Crippen LogP contribution in [0.3, 0.4) is 0 Å². The Labute approximate surface area is 435 Å². The molecule has 8 N–H and O–H groups in total. The molecular weight excluding hydrogens is 1000 g/mol. The van der Waals surface area contributed by atoms with E-state index in [1.54, 1.807) is 48.6 Å². The fourth-order valence-electron chi connectivity index (χ4n) is 6.58. The van der Waals surface area contributed by atoms with Crippen molar-refractivity contribution in [2.75, 3.05) is 25.6 Å². The molecule has 0 amide bonds. The molecule has 0 bridgehead atoms. The number of ether oxygens (including phenoxy) is 3. The Balaban J connectivity index is 1.89. The number of aliphatic hydroxyl groups excluding tert-OH is 4. The normalized spacial score (nSPS) is 20.6. The van der Waals surface area contributed by atoms with Crippen LogP contribution >= 0.6 is 15.6 Å². The number of hydrogen-bond acceptors (Lipinski definition) is 17. The zero-order valence-corrected chi connectivity index (χ0v) is 44.4. The molecule has 22 heteroatoms. The summed E-state index contributed by atoms with van der Waals surface area (Å²) in [6, 6.07) is 1.23. The maximum absolute atomic E-state index is 12.8. The number of carbonyl (C=O) groups is 2. The Morgan fingerprint density at radius 3 is 1.91 bits per heavy atom. The average molecular weight is 1080 g/mol. The Kier molecular flexibility index (Phi) is 34.3. The van der Waals surface area contributed by atoms with Crippen LogP contribution in [0.4, 0.5) is 5.82 Å². The van der Waals surface area contributed by atoms with Gasteiger partial charge in [-0.2, -0.15) is 9.29 Å². The summed E-state index contributed by atoms with van der Waals surface area (Å²) in [5, 5.41) is 41.0. The number of phosphoric ester groups is 2. The molecule has 2 rings (SSSR count). The highest BCUT2D eigenvalue weighted by Crippen LogP contribution is 2.60. The number of esters is 2. The molecule has 20 nitrogen and oxygen atoms in total. The molecule has 414 valence electrons. The van der Waals surface area contributed by atoms with E-state index >= 15 is 0 Å². The zero-order valence-electron chi connectivity index (χ0n) is 42.6. The molecule has 0 saturated carbocycles. The Morgan fingerprint density at radius 1 is 0.730 bits per heavy atom. The smallest absolute Gasteiger partial charge is 0.462 e. The highest BCUT2D eigenvalue weighted by molar-refractivity contribution is 7.61. The third-order valence-corrected chi connectivity index (χ3v) is 13.1. The second-order valence-corrected chi connectivity index (χ2v) is 20.0. The van der Waals surface area contributed by atoms with Crippen LogP contribution in [-0.4, -0.2) is 108 Å². The second kappa shape index (κ2) is 38.8. The SMILES string of the molecule is CC/C=C\C[C@H](O)/C=C/C=C\C=C\[C@H](O)C/C=C\C/C=C\CCC(=O)O[C@H](COC(=O)CCCC/C=C\C/C=C\C/C=C\CCCCC)COP(=O)(O)OP(=O)(O)OC[C@H]1O[C@@H](n2ccc(N)nc2=O)[C@H](O)[C@@H]1O. The van der Waals surface area contributed by atoms with Crippen molar-refractivity contribution >= 4 is 33.4 Å². The third-order valence-electron chi connectivity index (χ3n) is 10.5. The van der Waals surface area contributed by atoms with Crippen molar-refractivity contribution in [3.8, 4) is 0 Å². The van der Waals surface area contributed by atoms with E-state index in [2.05, 4.69) is 46.6 Å². The fourth-order valence-corrected chi connectivity index (χ4v) is 8.69. The van der Waals surface area contributed by atoms with Gasteiger partial charge in [-0.05, 0) is 83.1 Å². The van der Waals surface area contributed by atoms with Crippen LogP contribution in [0.25, 0.3) is 0 Å². The maximum Gasteiger partial charge on any atom is 0.481 e. The molecule has 0 aliphatic carbocycles. The molecule has 1 fully saturated rings. The standard InChI is InChI=1S/C52H79N3O17P2/c1-3-5-7-8-9-10-11-12-13-14-15-16-17-21-29-35-47(58)67-39-44(70-48(59)36-30-22-19-18-20-26-32-43(57)34-28-24-23-27-33-42(56)31-25-6-4-2)40-68-73(63,64)72-74(65,66)69-41-45-49(60)50(61)51(71-45)55-38-37-46(53)54-52(55)62/h6,9-10,12-13,15-16,19-20,22-28,33-34,37-38,42-45,49-51,56-57,60-61H,3-5,7-8,11,14,17-18,21,29-32,35-36,39-41H2,1-2H3,(H,63,64)(H,65,66)(H2,53,54,62)/b10-9-,13-12-,16-15-,22-19-,24-23-,25-6-,26-20-,33-27+,34-28+/t42-,43+,44+,45+,49+,50+,51+/m0/s1. The van der Waals surface area contributed by atoms with Gasteiger partial charge in [0.15, 0.2) is 12.3 Å². The lowest BCUT2D eigenvalue weighted by atomic mass is 10.1. The van der Waals surface area contributed by atoms with Crippen LogP contribution in [0.15, 0.2) is 126 Å². The summed E-state index contributed by atoms with van der Waals surface area (Å²) in [5.41, 5.74) is 4.56. The van der Waals surface area contributed by atoms with Gasteiger partial charge in [-0.25, -0.2) is 13.9 Å². The number of anilines is 1. The van der Waals surface area contributed by atoms with Gasteiger partial charge < -0.3 is 50.2 Å². The Morgan fingerprint density at radius 2 is 1.30 bits per heavy atom. The van der Waals surface area contributed by atoms with Crippen molar-refractivity contribution in [3.63, 3.8) is 0 Å². The number of allylic oxidation sites excluding steroid dienone is 14. The first kappa shape index (κ1) is 65.5. The quantitative estimate of drug-likeness (QED) is 0.0107. The maximum atomic E-state index is 12.8. The summed E-state index contributed by atoms with van der Waals surface area (Å²) >= 11 is 0. The van der Waals surface area contributed by atoms with Crippen molar-refractivity contribution in [1.29, 1.82) is 0 Å². The van der Waals surface area contributed by atoms with Gasteiger partial charge in [0.2, 0.25) is 0 Å². The molecular formula is C52H79N3O17P2. The first-order valence-electron chi connectivity index (χ1n) is 25.1. The highest BCUT2D eigenvalue weighted by atomic mass is 31.3. The first-order chi connectivity index (χ1) is 35.5. The molecule has 1 aliphatic heterocycles. The van der Waals surface area contributed by atoms with E-state index in [0.717, 1.165) is 42.9 Å². The largest absolute Gasteiger partial charge is 0.481 e. The van der Waals surface area contributed by atoms with Crippen LogP contribution in [-0.2, 0) is 46.3 Å². The predicted octanol–water partition coefficient (Wildman–Crippen LogP) is 8.16. The summed E-state index contributed by atoms with van der Waals surface area (Å²) < 4.78 is 56.5. The van der Waals surface area contributed by atoms with E-state index in [9.17, 15) is 53.7 Å². The first-order valence-corrected chi connectivity index (χ1v) is 28.1. The number of nitrogen functional groups attached to an aromatic ring is 1. The lowest BCUT2D eigenvalue weighted by Crippen LogP contribution is -2.36. The van der Waals surface area contributed by atoms with Crippen LogP contribution in [0.2, 0.25) is 0 Å². The minimum atomic E-state index is -5.48. The lowest BCUT2D eigenvalue weighted by Gasteiger charge is -2.21. The molecule has 0 radical (unpaired) electrons. The van der Waals surface area contributed by atoms with Gasteiger partial charge in [0, 0.05) is 19.0 Å². The average Bonchev–Trinajstić information content (AvgIpc) is 3.63. The van der Waals surface area contributed by atoms with E-state index < -0.39 is 95.9 Å². The van der Waals surface area contributed by atoms with Gasteiger partial charge in [-0.15, -0.1) is 0 Å². The number of aromatic nitrogens is 2. The number of phosphoric acid groups is 2. The van der Waals surface area contributed by atoms with Crippen LogP contribution < -0.4 is 11.4 Å². The summed E-state index contributed by atoms with van der Waals surface area (Å²) in [7, 11) is -11.0. The van der Waals surface area contributed by atoms with Crippen molar-refractivity contribution in [1.82, 2.24) is 9.55 Å². The van der Waals surface area contributed by atoms with Gasteiger partial charge in [-0.3, -0.25) is 23.2 Å². The monoisotopic (exact) mass is 1080 g/mol. The molecule has 1 aliphatic rings. The van der Waals surface area contributed by atoms with Gasteiger partial charge in [0.25, 0.3) is 0 Å². The summed E-state index contributed by atoms with van der Waals surface area (Å²) in [4.78, 5) is 61.8. The number of nitrogens with two attached hydrogens (primary N) is 1. The van der Waals surface area contributed by atoms with E-state index in [4.69, 9.17) is 29.0 Å². The zero-order chi connectivity index (χ0) is 54.5. The molecule has 74 heavy (non-hydrogen) atoms. The van der Waals surface area contributed by atoms with Gasteiger partial charge in [0.1, 0.15) is 30.7 Å². The molecule has 9 atom stereocenters. The van der Waals surface area contributed by atoms with Crippen LogP contribution in [0, 0.1) is 0 Å². The summed E-state index contributed by atoms with van der Waals surface area (Å²) in [5.74, 6) is -1.54. The number of hydrogen-bond donors (Lipinski definition) is 7. The molecule has 1 aromatic rings. The molecule has 0 spiro atoms. The molecule has 0 aromatic carbocycles. The highest BCUT2D eigenvalue weighted by Gasteiger charge is 2.46. The Hall–Kier alpha value is -4.66. The van der Waals surface area contributed by atoms with Crippen molar-refractivity contribution in [3.05, 3.63) is 132 Å². The summed E-state index contributed by atoms with van der Waals surface area (Å²) in [6.45, 7) is 1.71. The predicted molar refractivity (Wildman–Crippen MR) is 282 cm³/mol. The van der Waals surface area contributed by atoms with E-state index in [-0.39, 0.29) is 25.1 Å². The molecule has 2 unspecified atom stereocenters.